The molecule has 0 radical (unpaired) electrons. The molecule has 0 atom stereocenters. The summed E-state index contributed by atoms with van der Waals surface area (Å²) >= 11 is 0. The Kier molecular flexibility index (Phi) is 3.61. The van der Waals surface area contributed by atoms with E-state index in [2.05, 4.69) is 14.7 Å². The molecule has 1 aromatic heterocycles. The molecule has 2 aromatic rings. The zero-order valence-corrected chi connectivity index (χ0v) is 10.6. The Balaban J connectivity index is 2.28. The SMILES string of the molecule is COC(=O)c1cncc(Oc2cccc(N)c2C)n1. The third-order valence-corrected chi connectivity index (χ3v) is 2.55. The van der Waals surface area contributed by atoms with Gasteiger partial charge in [-0.15, -0.1) is 0 Å². The first kappa shape index (κ1) is 12.8. The monoisotopic (exact) mass is 259 g/mol. The number of nitrogens with two attached hydrogens (primary N) is 1. The number of aromatic nitrogens is 2. The number of nitrogen functional groups attached to an aromatic ring is 1. The average molecular weight is 259 g/mol. The summed E-state index contributed by atoms with van der Waals surface area (Å²) in [4.78, 5) is 19.2. The van der Waals surface area contributed by atoms with E-state index in [0.717, 1.165) is 5.56 Å². The van der Waals surface area contributed by atoms with Gasteiger partial charge in [0.05, 0.1) is 19.5 Å². The molecule has 1 heterocycles. The number of nitrogens with zero attached hydrogens (tertiary/aromatic N) is 2. The van der Waals surface area contributed by atoms with Crippen molar-refractivity contribution < 1.29 is 14.3 Å². The van der Waals surface area contributed by atoms with E-state index in [4.69, 9.17) is 10.5 Å². The van der Waals surface area contributed by atoms with Crippen molar-refractivity contribution in [3.63, 3.8) is 0 Å². The number of benzene rings is 1. The van der Waals surface area contributed by atoms with E-state index in [9.17, 15) is 4.79 Å². The van der Waals surface area contributed by atoms with Gasteiger partial charge in [0.25, 0.3) is 0 Å². The number of methoxy groups -OCH3 is 1. The topological polar surface area (TPSA) is 87.3 Å². The molecule has 2 rings (SSSR count). The van der Waals surface area contributed by atoms with Crippen molar-refractivity contribution in [1.82, 2.24) is 9.97 Å². The second-order valence-electron chi connectivity index (χ2n) is 3.81. The van der Waals surface area contributed by atoms with Crippen LogP contribution in [0, 0.1) is 6.92 Å². The minimum atomic E-state index is -0.567. The van der Waals surface area contributed by atoms with Crippen molar-refractivity contribution in [2.24, 2.45) is 0 Å². The van der Waals surface area contributed by atoms with Gasteiger partial charge in [-0.25, -0.2) is 9.78 Å². The molecule has 0 aliphatic heterocycles. The van der Waals surface area contributed by atoms with Gasteiger partial charge in [-0.1, -0.05) is 6.07 Å². The van der Waals surface area contributed by atoms with E-state index < -0.39 is 5.97 Å². The fourth-order valence-corrected chi connectivity index (χ4v) is 1.45. The van der Waals surface area contributed by atoms with Crippen molar-refractivity contribution in [3.8, 4) is 11.6 Å². The predicted molar refractivity (Wildman–Crippen MR) is 69.0 cm³/mol. The van der Waals surface area contributed by atoms with Gasteiger partial charge < -0.3 is 15.2 Å². The molecule has 6 heteroatoms. The zero-order valence-electron chi connectivity index (χ0n) is 10.6. The summed E-state index contributed by atoms with van der Waals surface area (Å²) in [6.45, 7) is 1.84. The number of hydrogen-bond donors (Lipinski definition) is 1. The lowest BCUT2D eigenvalue weighted by molar-refractivity contribution is 0.0592. The minimum absolute atomic E-state index is 0.0848. The van der Waals surface area contributed by atoms with Crippen LogP contribution in [0.15, 0.2) is 30.6 Å². The van der Waals surface area contributed by atoms with Crippen LogP contribution in [0.1, 0.15) is 16.1 Å². The van der Waals surface area contributed by atoms with Crippen molar-refractivity contribution in [3.05, 3.63) is 41.9 Å². The van der Waals surface area contributed by atoms with Gasteiger partial charge in [-0.2, -0.15) is 0 Å². The highest BCUT2D eigenvalue weighted by Gasteiger charge is 2.10. The Bertz CT molecular complexity index is 614. The fourth-order valence-electron chi connectivity index (χ4n) is 1.45. The second kappa shape index (κ2) is 5.34. The molecule has 0 aliphatic carbocycles. The van der Waals surface area contributed by atoms with Crippen molar-refractivity contribution >= 4 is 11.7 Å². The molecule has 0 fully saturated rings. The van der Waals surface area contributed by atoms with Crippen molar-refractivity contribution in [2.75, 3.05) is 12.8 Å². The molecule has 0 saturated heterocycles. The standard InChI is InChI=1S/C13H13N3O3/c1-8-9(14)4-3-5-11(8)19-12-7-15-6-10(16-12)13(17)18-2/h3-7H,14H2,1-2H3. The molecule has 0 spiro atoms. The Morgan fingerprint density at radius 1 is 1.32 bits per heavy atom. The van der Waals surface area contributed by atoms with Crippen LogP contribution >= 0.6 is 0 Å². The summed E-state index contributed by atoms with van der Waals surface area (Å²) in [6.07, 6.45) is 2.72. The van der Waals surface area contributed by atoms with Gasteiger partial charge in [0.15, 0.2) is 5.69 Å². The molecule has 0 unspecified atom stereocenters. The summed E-state index contributed by atoms with van der Waals surface area (Å²) in [5.74, 6) is 0.204. The van der Waals surface area contributed by atoms with E-state index in [1.54, 1.807) is 18.2 Å². The summed E-state index contributed by atoms with van der Waals surface area (Å²) in [6, 6.07) is 5.31. The largest absolute Gasteiger partial charge is 0.464 e. The molecule has 6 nitrogen and oxygen atoms in total. The van der Waals surface area contributed by atoms with Gasteiger partial charge >= 0.3 is 5.97 Å². The Hall–Kier alpha value is -2.63. The lowest BCUT2D eigenvalue weighted by Crippen LogP contribution is -2.05. The Morgan fingerprint density at radius 2 is 2.11 bits per heavy atom. The number of rotatable bonds is 3. The number of ether oxygens (including phenoxy) is 2. The molecule has 2 N–H and O–H groups in total. The van der Waals surface area contributed by atoms with Crippen LogP contribution in [-0.4, -0.2) is 23.0 Å². The lowest BCUT2D eigenvalue weighted by atomic mass is 10.2. The van der Waals surface area contributed by atoms with Crippen molar-refractivity contribution in [2.45, 2.75) is 6.92 Å². The van der Waals surface area contributed by atoms with E-state index in [-0.39, 0.29) is 11.6 Å². The van der Waals surface area contributed by atoms with Crippen LogP contribution in [0.5, 0.6) is 11.6 Å². The van der Waals surface area contributed by atoms with Gasteiger partial charge in [0.1, 0.15) is 5.75 Å². The van der Waals surface area contributed by atoms with Gasteiger partial charge in [0.2, 0.25) is 5.88 Å². The maximum atomic E-state index is 11.3. The number of esters is 1. The van der Waals surface area contributed by atoms with Crippen LogP contribution in [0.4, 0.5) is 5.69 Å². The van der Waals surface area contributed by atoms with Gasteiger partial charge in [-0.05, 0) is 19.1 Å². The van der Waals surface area contributed by atoms with Crippen LogP contribution in [0.3, 0.4) is 0 Å². The third kappa shape index (κ3) is 2.79. The van der Waals surface area contributed by atoms with Gasteiger partial charge in [0, 0.05) is 11.3 Å². The first-order valence-corrected chi connectivity index (χ1v) is 5.55. The van der Waals surface area contributed by atoms with E-state index in [1.807, 2.05) is 6.92 Å². The summed E-state index contributed by atoms with van der Waals surface area (Å²) in [5, 5.41) is 0. The van der Waals surface area contributed by atoms with Crippen LogP contribution in [0.2, 0.25) is 0 Å². The minimum Gasteiger partial charge on any atom is -0.464 e. The van der Waals surface area contributed by atoms with E-state index in [1.165, 1.54) is 19.5 Å². The Labute approximate surface area is 110 Å². The average Bonchev–Trinajstić information content (AvgIpc) is 2.43. The second-order valence-corrected chi connectivity index (χ2v) is 3.81. The highest BCUT2D eigenvalue weighted by atomic mass is 16.5. The molecule has 0 aliphatic rings. The number of carbonyl (C=O) groups excluding carboxylic acids is 1. The summed E-state index contributed by atoms with van der Waals surface area (Å²) < 4.78 is 10.1. The first-order valence-electron chi connectivity index (χ1n) is 5.55. The quantitative estimate of drug-likeness (QED) is 0.669. The maximum Gasteiger partial charge on any atom is 0.358 e. The highest BCUT2D eigenvalue weighted by molar-refractivity contribution is 5.86. The van der Waals surface area contributed by atoms with Gasteiger partial charge in [-0.3, -0.25) is 4.98 Å². The molecule has 98 valence electrons. The number of carbonyl (C=O) groups is 1. The zero-order chi connectivity index (χ0) is 13.8. The molecule has 0 amide bonds. The first-order chi connectivity index (χ1) is 9.11. The predicted octanol–water partition coefficient (Wildman–Crippen LogP) is 1.95. The van der Waals surface area contributed by atoms with E-state index in [0.29, 0.717) is 11.4 Å². The summed E-state index contributed by atoms with van der Waals surface area (Å²) in [7, 11) is 1.28. The molecular formula is C13H13N3O3. The lowest BCUT2D eigenvalue weighted by Gasteiger charge is -2.09. The molecule has 1 aromatic carbocycles. The van der Waals surface area contributed by atoms with E-state index >= 15 is 0 Å². The maximum absolute atomic E-state index is 11.3. The molecule has 0 saturated carbocycles. The van der Waals surface area contributed by atoms with Crippen LogP contribution in [-0.2, 0) is 4.74 Å². The van der Waals surface area contributed by atoms with Crippen LogP contribution < -0.4 is 10.5 Å². The Morgan fingerprint density at radius 3 is 2.84 bits per heavy atom. The van der Waals surface area contributed by atoms with Crippen molar-refractivity contribution in [1.29, 1.82) is 0 Å². The van der Waals surface area contributed by atoms with Crippen LogP contribution in [0.25, 0.3) is 0 Å². The number of anilines is 1. The normalized spacial score (nSPS) is 10.0. The molecular weight excluding hydrogens is 246 g/mol. The molecule has 19 heavy (non-hydrogen) atoms. The molecule has 0 bridgehead atoms. The summed E-state index contributed by atoms with van der Waals surface area (Å²) in [5.41, 5.74) is 7.29. The smallest absolute Gasteiger partial charge is 0.358 e. The highest BCUT2D eigenvalue weighted by Crippen LogP contribution is 2.26. The third-order valence-electron chi connectivity index (χ3n) is 2.55. The number of hydrogen-bond acceptors (Lipinski definition) is 6. The fraction of sp³-hybridized carbons (Fsp3) is 0.154.